The number of nitrogens with two attached hydrogens (primary N) is 5. The van der Waals surface area contributed by atoms with E-state index >= 15 is 0 Å². The Morgan fingerprint density at radius 2 is 1.81 bits per heavy atom. The maximum Gasteiger partial charge on any atom is 0.328 e. The average Bonchev–Trinajstić information content (AvgIpc) is 2.96. The summed E-state index contributed by atoms with van der Waals surface area (Å²) in [5, 5.41) is 37.0. The Morgan fingerprint density at radius 3 is 2.47 bits per heavy atom. The number of nitrogens with zero attached hydrogens (tertiary/aromatic N) is 2. The molecule has 10 atom stereocenters. The lowest BCUT2D eigenvalue weighted by molar-refractivity contribution is -0.279. The highest BCUT2D eigenvalue weighted by Crippen LogP contribution is 2.27. The molecule has 0 radical (unpaired) electrons. The zero-order valence-electron chi connectivity index (χ0n) is 23.7. The van der Waals surface area contributed by atoms with Crippen LogP contribution in [0.3, 0.4) is 0 Å². The first-order valence-corrected chi connectivity index (χ1v) is 14.0. The van der Waals surface area contributed by atoms with Crippen LogP contribution in [0.5, 0.6) is 0 Å². The van der Waals surface area contributed by atoms with E-state index in [1.165, 1.54) is 11.1 Å². The van der Waals surface area contributed by atoms with Crippen LogP contribution < -0.4 is 50.6 Å². The fourth-order valence-electron chi connectivity index (χ4n) is 5.09. The van der Waals surface area contributed by atoms with Crippen LogP contribution in [0.1, 0.15) is 6.42 Å². The molecule has 19 heteroatoms. The van der Waals surface area contributed by atoms with Crippen LogP contribution in [0.4, 0.5) is 0 Å². The summed E-state index contributed by atoms with van der Waals surface area (Å²) in [4.78, 5) is 51.7. The lowest BCUT2D eigenvalue weighted by atomic mass is 9.82. The summed E-state index contributed by atoms with van der Waals surface area (Å²) in [7, 11) is 0. The van der Waals surface area contributed by atoms with Crippen molar-refractivity contribution in [2.24, 2.45) is 28.7 Å². The van der Waals surface area contributed by atoms with Gasteiger partial charge in [-0.1, -0.05) is 0 Å². The summed E-state index contributed by atoms with van der Waals surface area (Å²) in [5.74, 6) is -1.07. The van der Waals surface area contributed by atoms with Crippen molar-refractivity contribution < 1.29 is 34.4 Å². The van der Waals surface area contributed by atoms with Crippen molar-refractivity contribution in [2.75, 3.05) is 39.3 Å². The Kier molecular flexibility index (Phi) is 12.7. The zero-order valence-corrected chi connectivity index (χ0v) is 23.7. The number of aromatic nitrogens is 2. The number of aromatic amines is 1. The zero-order chi connectivity index (χ0) is 31.8. The van der Waals surface area contributed by atoms with Crippen molar-refractivity contribution in [3.05, 3.63) is 33.1 Å². The molecule has 0 spiro atoms. The number of amides is 2. The molecule has 1 saturated carbocycles. The van der Waals surface area contributed by atoms with Crippen LogP contribution in [0, 0.1) is 0 Å². The fourth-order valence-corrected chi connectivity index (χ4v) is 5.09. The molecule has 16 N–H and O–H groups in total. The monoisotopic (exact) mass is 616 g/mol. The van der Waals surface area contributed by atoms with E-state index in [-0.39, 0.29) is 45.7 Å². The molecule has 2 fully saturated rings. The van der Waals surface area contributed by atoms with Crippen LogP contribution in [-0.2, 0) is 25.6 Å². The van der Waals surface area contributed by atoms with Crippen molar-refractivity contribution >= 4 is 11.8 Å². The van der Waals surface area contributed by atoms with Crippen molar-refractivity contribution in [2.45, 2.75) is 73.9 Å². The predicted molar refractivity (Wildman–Crippen MR) is 151 cm³/mol. The third-order valence-corrected chi connectivity index (χ3v) is 7.51. The van der Waals surface area contributed by atoms with Crippen LogP contribution in [0.15, 0.2) is 21.9 Å². The van der Waals surface area contributed by atoms with Gasteiger partial charge in [-0.15, -0.1) is 0 Å². The first-order valence-electron chi connectivity index (χ1n) is 14.0. The lowest BCUT2D eigenvalue weighted by Gasteiger charge is -2.47. The molecular formula is C24H44N10O9. The average molecular weight is 617 g/mol. The molecule has 0 bridgehead atoms. The third-order valence-electron chi connectivity index (χ3n) is 7.51. The Labute approximate surface area is 246 Å². The fraction of sp³-hybridized carbons (Fsp3) is 0.750. The minimum Gasteiger partial charge on any atom is -0.390 e. The number of rotatable bonds is 13. The molecular weight excluding hydrogens is 572 g/mol. The topological polar surface area (TPSA) is 326 Å². The Hall–Kier alpha value is -2.82. The number of hydrogen-bond donors (Lipinski definition) is 11. The van der Waals surface area contributed by atoms with Crippen LogP contribution in [-0.4, -0.2) is 142 Å². The number of hydrogen-bond acceptors (Lipinski definition) is 15. The molecule has 0 unspecified atom stereocenters. The van der Waals surface area contributed by atoms with E-state index in [4.69, 9.17) is 38.1 Å². The number of carbonyl (C=O) groups excluding carboxylic acids is 2. The normalized spacial score (nSPS) is 32.7. The van der Waals surface area contributed by atoms with Crippen LogP contribution in [0.2, 0.25) is 0 Å². The van der Waals surface area contributed by atoms with Crippen LogP contribution in [0.25, 0.3) is 0 Å². The Morgan fingerprint density at radius 1 is 1.09 bits per heavy atom. The van der Waals surface area contributed by atoms with Gasteiger partial charge >= 0.3 is 5.69 Å². The number of nitrogens with one attached hydrogen (secondary N) is 3. The minimum absolute atomic E-state index is 0.0494. The van der Waals surface area contributed by atoms with E-state index < -0.39 is 90.6 Å². The van der Waals surface area contributed by atoms with Gasteiger partial charge in [0.25, 0.3) is 5.56 Å². The highest BCUT2D eigenvalue weighted by atomic mass is 16.7. The van der Waals surface area contributed by atoms with E-state index in [1.807, 2.05) is 0 Å². The third kappa shape index (κ3) is 8.86. The van der Waals surface area contributed by atoms with Gasteiger partial charge in [0.05, 0.1) is 30.8 Å². The quantitative estimate of drug-likeness (QED) is 0.0916. The van der Waals surface area contributed by atoms with Gasteiger partial charge in [0.2, 0.25) is 11.8 Å². The van der Waals surface area contributed by atoms with Gasteiger partial charge in [-0.2, -0.15) is 0 Å². The second-order valence-corrected chi connectivity index (χ2v) is 10.7. The number of aliphatic hydroxyl groups is 3. The molecule has 1 aromatic rings. The van der Waals surface area contributed by atoms with Gasteiger partial charge in [-0.25, -0.2) is 4.79 Å². The molecule has 2 aliphatic rings. The van der Waals surface area contributed by atoms with Gasteiger partial charge < -0.3 is 69.0 Å². The molecule has 0 aromatic carbocycles. The number of H-pyrrole nitrogens is 1. The number of aliphatic hydroxyl groups excluding tert-OH is 3. The molecule has 43 heavy (non-hydrogen) atoms. The lowest BCUT2D eigenvalue weighted by Crippen LogP contribution is -2.70. The number of ether oxygens (including phenoxy) is 2. The highest BCUT2D eigenvalue weighted by molar-refractivity contribution is 5.84. The number of carbonyl (C=O) groups is 2. The molecule has 2 amide bonds. The van der Waals surface area contributed by atoms with Crippen molar-refractivity contribution in [3.8, 4) is 0 Å². The van der Waals surface area contributed by atoms with Gasteiger partial charge in [0, 0.05) is 57.1 Å². The summed E-state index contributed by atoms with van der Waals surface area (Å²) in [6.45, 7) is -0.516. The Bertz CT molecular complexity index is 1180. The van der Waals surface area contributed by atoms with E-state index in [0.717, 1.165) is 10.6 Å². The molecule has 244 valence electrons. The molecule has 19 nitrogen and oxygen atoms in total. The second-order valence-electron chi connectivity index (χ2n) is 10.7. The molecule has 2 heterocycles. The maximum atomic E-state index is 12.7. The first kappa shape index (κ1) is 34.7. The molecule has 1 aliphatic heterocycles. The summed E-state index contributed by atoms with van der Waals surface area (Å²) in [5.41, 5.74) is 28.3. The molecule has 3 rings (SSSR count). The molecule has 1 aromatic heterocycles. The van der Waals surface area contributed by atoms with E-state index in [1.54, 1.807) is 0 Å². The SMILES string of the molecule is NCCN(CC(=O)NCCN[C@H]1[C@@H](O)[C@H](N)C[C@H](N)[C@H]1O[C@H]1O[C@H](CN)[C@@H](O)[C@H](O)[C@H]1N)C(=O)Cn1ccc(=O)[nH]c1=O. The standard InChI is InChI=1S/C24H44N10O9/c25-2-6-33(16(37)10-34-5-1-14(35)32-24(34)41)9-15(36)30-3-4-31-18-19(38)11(27)7-12(28)22(18)43-23-17(29)21(40)20(39)13(8-26)42-23/h1,5,11-13,17-23,31,38-40H,2-4,6-10,25-29H2,(H,30,36)(H,32,35,41)/t11-,12+,13-,17-,18+,19+,20-,21-,22-,23-/m1/s1. The van der Waals surface area contributed by atoms with Crippen molar-refractivity contribution in [1.82, 2.24) is 25.1 Å². The predicted octanol–water partition coefficient (Wildman–Crippen LogP) is -8.06. The first-order chi connectivity index (χ1) is 20.4. The summed E-state index contributed by atoms with van der Waals surface area (Å²) < 4.78 is 12.7. The highest BCUT2D eigenvalue weighted by Gasteiger charge is 2.48. The Balaban J connectivity index is 1.56. The summed E-state index contributed by atoms with van der Waals surface area (Å²) in [6.07, 6.45) is -5.39. The summed E-state index contributed by atoms with van der Waals surface area (Å²) >= 11 is 0. The maximum absolute atomic E-state index is 12.7. The summed E-state index contributed by atoms with van der Waals surface area (Å²) in [6, 6.07) is -2.19. The van der Waals surface area contributed by atoms with Gasteiger partial charge in [0.1, 0.15) is 24.9 Å². The smallest absolute Gasteiger partial charge is 0.328 e. The largest absolute Gasteiger partial charge is 0.390 e. The van der Waals surface area contributed by atoms with Gasteiger partial charge in [-0.05, 0) is 6.42 Å². The van der Waals surface area contributed by atoms with Crippen LogP contribution >= 0.6 is 0 Å². The van der Waals surface area contributed by atoms with Crippen molar-refractivity contribution in [1.29, 1.82) is 0 Å². The van der Waals surface area contributed by atoms with E-state index in [2.05, 4.69) is 15.6 Å². The molecule has 1 aliphatic carbocycles. The second kappa shape index (κ2) is 15.8. The van der Waals surface area contributed by atoms with Gasteiger partial charge in [-0.3, -0.25) is 23.9 Å². The van der Waals surface area contributed by atoms with Gasteiger partial charge in [0.15, 0.2) is 6.29 Å². The van der Waals surface area contributed by atoms with E-state index in [0.29, 0.717) is 0 Å². The van der Waals surface area contributed by atoms with Crippen molar-refractivity contribution in [3.63, 3.8) is 0 Å². The minimum atomic E-state index is -1.37. The molecule has 1 saturated heterocycles. The van der Waals surface area contributed by atoms with E-state index in [9.17, 15) is 34.5 Å².